The van der Waals surface area contributed by atoms with Gasteiger partial charge >= 0.3 is 0 Å². The summed E-state index contributed by atoms with van der Waals surface area (Å²) in [5.74, 6) is 0. The molecule has 1 aromatic rings. The lowest BCUT2D eigenvalue weighted by Gasteiger charge is -2.33. The first kappa shape index (κ1) is 9.94. The van der Waals surface area contributed by atoms with E-state index in [1.807, 2.05) is 12.1 Å². The van der Waals surface area contributed by atoms with E-state index in [1.54, 1.807) is 0 Å². The number of ether oxygens (including phenoxy) is 1. The molecule has 74 valence electrons. The minimum atomic E-state index is -0.344. The third kappa shape index (κ3) is 1.64. The predicted octanol–water partition coefficient (Wildman–Crippen LogP) is 3.38. The maximum absolute atomic E-state index is 5.78. The molecule has 14 heavy (non-hydrogen) atoms. The van der Waals surface area contributed by atoms with E-state index in [9.17, 15) is 0 Å². The Morgan fingerprint density at radius 3 is 3.07 bits per heavy atom. The van der Waals surface area contributed by atoms with Gasteiger partial charge in [0.25, 0.3) is 0 Å². The van der Waals surface area contributed by atoms with E-state index in [0.29, 0.717) is 0 Å². The zero-order valence-electron chi connectivity index (χ0n) is 8.00. The molecule has 0 N–H and O–H groups in total. The quantitative estimate of drug-likeness (QED) is 0.580. The number of hydrogen-bond acceptors (Lipinski definition) is 1. The van der Waals surface area contributed by atoms with Gasteiger partial charge in [0.05, 0.1) is 6.61 Å². The Morgan fingerprint density at radius 1 is 1.50 bits per heavy atom. The van der Waals surface area contributed by atoms with Crippen LogP contribution < -0.4 is 0 Å². The van der Waals surface area contributed by atoms with Gasteiger partial charge < -0.3 is 4.74 Å². The van der Waals surface area contributed by atoms with Gasteiger partial charge in [0.15, 0.2) is 4.51 Å². The maximum Gasteiger partial charge on any atom is 0.151 e. The molecular weight excluding hydrogens is 240 g/mol. The van der Waals surface area contributed by atoms with Gasteiger partial charge in [-0.05, 0) is 33.5 Å². The van der Waals surface area contributed by atoms with Gasteiger partial charge in [-0.15, -0.1) is 6.58 Å². The van der Waals surface area contributed by atoms with E-state index in [-0.39, 0.29) is 4.51 Å². The summed E-state index contributed by atoms with van der Waals surface area (Å²) in [6.45, 7) is 4.54. The van der Waals surface area contributed by atoms with Crippen molar-refractivity contribution in [3.05, 3.63) is 48.0 Å². The second-order valence-corrected chi connectivity index (χ2v) is 4.76. The summed E-state index contributed by atoms with van der Waals surface area (Å²) >= 11 is 3.66. The molecule has 1 aliphatic heterocycles. The smallest absolute Gasteiger partial charge is 0.151 e. The SMILES string of the molecule is C=CCC1(Br)OCCc2ccccc21. The molecule has 1 heterocycles. The summed E-state index contributed by atoms with van der Waals surface area (Å²) in [6, 6.07) is 8.40. The molecule has 0 saturated carbocycles. The zero-order chi connectivity index (χ0) is 10.0. The predicted molar refractivity (Wildman–Crippen MR) is 61.5 cm³/mol. The van der Waals surface area contributed by atoms with Crippen molar-refractivity contribution in [1.82, 2.24) is 0 Å². The molecule has 0 radical (unpaired) electrons. The standard InChI is InChI=1S/C12H13BrO/c1-2-8-12(13)11-6-4-3-5-10(11)7-9-14-12/h2-6H,1,7-9H2. The van der Waals surface area contributed by atoms with E-state index >= 15 is 0 Å². The largest absolute Gasteiger partial charge is 0.359 e. The first-order valence-electron chi connectivity index (χ1n) is 4.78. The van der Waals surface area contributed by atoms with Gasteiger partial charge in [0.1, 0.15) is 0 Å². The summed E-state index contributed by atoms with van der Waals surface area (Å²) in [5, 5.41) is 0. The van der Waals surface area contributed by atoms with Gasteiger partial charge in [0, 0.05) is 6.42 Å². The number of hydrogen-bond donors (Lipinski definition) is 0. The number of rotatable bonds is 2. The summed E-state index contributed by atoms with van der Waals surface area (Å²) in [7, 11) is 0. The van der Waals surface area contributed by atoms with Crippen molar-refractivity contribution >= 4 is 15.9 Å². The maximum atomic E-state index is 5.78. The molecule has 0 amide bonds. The Balaban J connectivity index is 2.44. The summed E-state index contributed by atoms with van der Waals surface area (Å²) in [4.78, 5) is 0. The number of benzene rings is 1. The molecule has 1 nitrogen and oxygen atoms in total. The topological polar surface area (TPSA) is 9.23 Å². The van der Waals surface area contributed by atoms with Crippen LogP contribution in [0, 0.1) is 0 Å². The first-order valence-corrected chi connectivity index (χ1v) is 5.58. The van der Waals surface area contributed by atoms with Crippen LogP contribution in [-0.2, 0) is 15.7 Å². The van der Waals surface area contributed by atoms with Gasteiger partial charge in [0.2, 0.25) is 0 Å². The third-order valence-electron chi connectivity index (χ3n) is 2.53. The van der Waals surface area contributed by atoms with E-state index in [1.165, 1.54) is 11.1 Å². The number of alkyl halides is 1. The summed E-state index contributed by atoms with van der Waals surface area (Å²) in [5.41, 5.74) is 2.61. The Kier molecular flexibility index (Phi) is 2.75. The summed E-state index contributed by atoms with van der Waals surface area (Å²) < 4.78 is 5.43. The monoisotopic (exact) mass is 252 g/mol. The fraction of sp³-hybridized carbons (Fsp3) is 0.333. The van der Waals surface area contributed by atoms with Crippen molar-refractivity contribution in [2.45, 2.75) is 17.4 Å². The van der Waals surface area contributed by atoms with Crippen LogP contribution in [0.4, 0.5) is 0 Å². The minimum absolute atomic E-state index is 0.344. The second-order valence-electron chi connectivity index (χ2n) is 3.48. The van der Waals surface area contributed by atoms with Gasteiger partial charge in [-0.25, -0.2) is 0 Å². The van der Waals surface area contributed by atoms with Crippen molar-refractivity contribution in [3.8, 4) is 0 Å². The van der Waals surface area contributed by atoms with E-state index < -0.39 is 0 Å². The fourth-order valence-electron chi connectivity index (χ4n) is 1.86. The van der Waals surface area contributed by atoms with E-state index in [4.69, 9.17) is 4.74 Å². The van der Waals surface area contributed by atoms with Crippen LogP contribution >= 0.6 is 15.9 Å². The molecular formula is C12H13BrO. The second kappa shape index (κ2) is 3.87. The van der Waals surface area contributed by atoms with Crippen LogP contribution in [0.2, 0.25) is 0 Å². The number of halogens is 1. The van der Waals surface area contributed by atoms with Crippen molar-refractivity contribution < 1.29 is 4.74 Å². The number of fused-ring (bicyclic) bond motifs is 1. The highest BCUT2D eigenvalue weighted by Gasteiger charge is 2.33. The third-order valence-corrected chi connectivity index (χ3v) is 3.51. The molecule has 1 unspecified atom stereocenters. The molecule has 0 bridgehead atoms. The van der Waals surface area contributed by atoms with Crippen molar-refractivity contribution in [2.75, 3.05) is 6.61 Å². The molecule has 1 aromatic carbocycles. The van der Waals surface area contributed by atoms with Crippen LogP contribution in [0.3, 0.4) is 0 Å². The molecule has 0 aliphatic carbocycles. The molecule has 0 fully saturated rings. The summed E-state index contributed by atoms with van der Waals surface area (Å²) in [6.07, 6.45) is 3.68. The molecule has 1 aliphatic rings. The molecule has 2 rings (SSSR count). The fourth-order valence-corrected chi connectivity index (χ4v) is 2.64. The minimum Gasteiger partial charge on any atom is -0.359 e. The van der Waals surface area contributed by atoms with Crippen LogP contribution in [0.25, 0.3) is 0 Å². The van der Waals surface area contributed by atoms with Crippen molar-refractivity contribution in [3.63, 3.8) is 0 Å². The first-order chi connectivity index (χ1) is 6.76. The van der Waals surface area contributed by atoms with Gasteiger partial charge in [-0.1, -0.05) is 30.3 Å². The Bertz CT molecular complexity index is 348. The Morgan fingerprint density at radius 2 is 2.29 bits per heavy atom. The van der Waals surface area contributed by atoms with Crippen LogP contribution in [-0.4, -0.2) is 6.61 Å². The van der Waals surface area contributed by atoms with E-state index in [2.05, 4.69) is 40.7 Å². The van der Waals surface area contributed by atoms with Crippen LogP contribution in [0.5, 0.6) is 0 Å². The average molecular weight is 253 g/mol. The van der Waals surface area contributed by atoms with Gasteiger partial charge in [-0.3, -0.25) is 0 Å². The Hall–Kier alpha value is -0.600. The average Bonchev–Trinajstić information content (AvgIpc) is 2.19. The van der Waals surface area contributed by atoms with Crippen molar-refractivity contribution in [2.24, 2.45) is 0 Å². The molecule has 0 spiro atoms. The van der Waals surface area contributed by atoms with Crippen molar-refractivity contribution in [1.29, 1.82) is 0 Å². The van der Waals surface area contributed by atoms with Crippen LogP contribution in [0.1, 0.15) is 17.5 Å². The lowest BCUT2D eigenvalue weighted by Crippen LogP contribution is -2.29. The van der Waals surface area contributed by atoms with E-state index in [0.717, 1.165) is 19.4 Å². The highest BCUT2D eigenvalue weighted by molar-refractivity contribution is 9.09. The highest BCUT2D eigenvalue weighted by atomic mass is 79.9. The lowest BCUT2D eigenvalue weighted by atomic mass is 9.96. The zero-order valence-corrected chi connectivity index (χ0v) is 9.59. The lowest BCUT2D eigenvalue weighted by molar-refractivity contribution is 0.0207. The Labute approximate surface area is 92.9 Å². The molecule has 0 saturated heterocycles. The highest BCUT2D eigenvalue weighted by Crippen LogP contribution is 2.41. The van der Waals surface area contributed by atoms with Crippen LogP contribution in [0.15, 0.2) is 36.9 Å². The van der Waals surface area contributed by atoms with Gasteiger partial charge in [-0.2, -0.15) is 0 Å². The molecule has 0 aromatic heterocycles. The molecule has 2 heteroatoms. The normalized spacial score (nSPS) is 25.5. The molecule has 1 atom stereocenters.